The number of carbonyl (C=O) groups is 2. The molecule has 0 aliphatic carbocycles. The number of nitrogens with zero attached hydrogens (tertiary/aromatic N) is 3. The van der Waals surface area contributed by atoms with Crippen LogP contribution in [-0.4, -0.2) is 44.6 Å². The number of hydrogen-bond acceptors (Lipinski definition) is 6. The van der Waals surface area contributed by atoms with Crippen LogP contribution in [0.2, 0.25) is 0 Å². The van der Waals surface area contributed by atoms with Crippen LogP contribution in [0, 0.1) is 10.1 Å². The van der Waals surface area contributed by atoms with Crippen molar-refractivity contribution in [3.63, 3.8) is 0 Å². The summed E-state index contributed by atoms with van der Waals surface area (Å²) in [6.45, 7) is 0. The van der Waals surface area contributed by atoms with Crippen LogP contribution in [0.1, 0.15) is 16.8 Å². The molecule has 2 aromatic carbocycles. The maximum Gasteiger partial charge on any atom is 0.270 e. The molecule has 2 N–H and O–H groups in total. The van der Waals surface area contributed by atoms with E-state index < -0.39 is 16.9 Å². The molecule has 1 atom stereocenters. The maximum atomic E-state index is 12.9. The first-order valence-electron chi connectivity index (χ1n) is 9.43. The second-order valence-corrected chi connectivity index (χ2v) is 7.59. The lowest BCUT2D eigenvalue weighted by molar-refractivity contribution is -0.384. The normalized spacial score (nSPS) is 11.5. The smallest absolute Gasteiger partial charge is 0.270 e. The van der Waals surface area contributed by atoms with Gasteiger partial charge in [0.1, 0.15) is 6.04 Å². The molecule has 2 amide bonds. The summed E-state index contributed by atoms with van der Waals surface area (Å²) in [5, 5.41) is 20.7. The van der Waals surface area contributed by atoms with Crippen LogP contribution in [-0.2, 0) is 4.79 Å². The van der Waals surface area contributed by atoms with Gasteiger partial charge in [-0.3, -0.25) is 19.7 Å². The lowest BCUT2D eigenvalue weighted by atomic mass is 10.1. The van der Waals surface area contributed by atoms with E-state index in [0.29, 0.717) is 17.9 Å². The Morgan fingerprint density at radius 2 is 2.00 bits per heavy atom. The number of anilines is 1. The van der Waals surface area contributed by atoms with E-state index in [1.807, 2.05) is 12.3 Å². The Balaban J connectivity index is 1.73. The molecule has 3 rings (SSSR count). The molecule has 0 saturated heterocycles. The van der Waals surface area contributed by atoms with E-state index in [1.54, 1.807) is 53.1 Å². The number of aromatic nitrogens is 2. The Hall–Kier alpha value is -3.66. The van der Waals surface area contributed by atoms with E-state index in [9.17, 15) is 19.7 Å². The third-order valence-corrected chi connectivity index (χ3v) is 5.08. The van der Waals surface area contributed by atoms with E-state index in [1.165, 1.54) is 24.3 Å². The molecule has 9 nitrogen and oxygen atoms in total. The first-order chi connectivity index (χ1) is 15.0. The van der Waals surface area contributed by atoms with Gasteiger partial charge in [-0.1, -0.05) is 12.1 Å². The molecular formula is C21H21N5O4S. The first-order valence-corrected chi connectivity index (χ1v) is 10.8. The predicted molar refractivity (Wildman–Crippen MR) is 120 cm³/mol. The van der Waals surface area contributed by atoms with Gasteiger partial charge in [0.05, 0.1) is 10.6 Å². The molecule has 0 bridgehead atoms. The number of amides is 2. The van der Waals surface area contributed by atoms with Crippen molar-refractivity contribution < 1.29 is 14.5 Å². The number of nitro benzene ring substituents is 1. The van der Waals surface area contributed by atoms with Gasteiger partial charge in [0.15, 0.2) is 0 Å². The largest absolute Gasteiger partial charge is 0.340 e. The number of rotatable bonds is 9. The van der Waals surface area contributed by atoms with Gasteiger partial charge < -0.3 is 10.6 Å². The second kappa shape index (κ2) is 10.4. The molecule has 0 fully saturated rings. The fourth-order valence-electron chi connectivity index (χ4n) is 2.88. The highest BCUT2D eigenvalue weighted by atomic mass is 32.2. The maximum absolute atomic E-state index is 12.9. The number of thioether (sulfide) groups is 1. The highest BCUT2D eigenvalue weighted by Crippen LogP contribution is 2.16. The minimum Gasteiger partial charge on any atom is -0.340 e. The molecule has 1 aromatic heterocycles. The Kier molecular flexibility index (Phi) is 7.39. The highest BCUT2D eigenvalue weighted by Gasteiger charge is 2.22. The van der Waals surface area contributed by atoms with Gasteiger partial charge in [-0.15, -0.1) is 0 Å². The van der Waals surface area contributed by atoms with Crippen LogP contribution in [0.15, 0.2) is 67.0 Å². The van der Waals surface area contributed by atoms with Crippen LogP contribution in [0.5, 0.6) is 0 Å². The summed E-state index contributed by atoms with van der Waals surface area (Å²) < 4.78 is 1.67. The standard InChI is InChI=1S/C21H21N5O4S/c1-31-12-9-19(24-20(27)15-5-2-8-18(13-15)26(29)30)21(28)23-16-6-3-7-17(14-16)25-11-4-10-22-25/h2-8,10-11,13-14,19H,9,12H2,1H3,(H,23,28)(H,24,27). The molecular weight excluding hydrogens is 418 g/mol. The number of non-ortho nitro benzene ring substituents is 1. The summed E-state index contributed by atoms with van der Waals surface area (Å²) in [5.74, 6) is -0.263. The van der Waals surface area contributed by atoms with Gasteiger partial charge in [0.25, 0.3) is 11.6 Å². The lowest BCUT2D eigenvalue weighted by Crippen LogP contribution is -2.44. The van der Waals surface area contributed by atoms with Crippen LogP contribution < -0.4 is 10.6 Å². The van der Waals surface area contributed by atoms with Crippen molar-refractivity contribution in [2.45, 2.75) is 12.5 Å². The third kappa shape index (κ3) is 5.92. The Bertz CT molecular complexity index is 1070. The molecule has 10 heteroatoms. The molecule has 0 radical (unpaired) electrons. The molecule has 31 heavy (non-hydrogen) atoms. The summed E-state index contributed by atoms with van der Waals surface area (Å²) in [6, 6.07) is 13.6. The molecule has 3 aromatic rings. The molecule has 0 saturated carbocycles. The quantitative estimate of drug-likeness (QED) is 0.390. The summed E-state index contributed by atoms with van der Waals surface area (Å²) >= 11 is 1.55. The minimum absolute atomic E-state index is 0.122. The van der Waals surface area contributed by atoms with Gasteiger partial charge in [-0.05, 0) is 48.8 Å². The third-order valence-electron chi connectivity index (χ3n) is 4.43. The predicted octanol–water partition coefficient (Wildman–Crippen LogP) is 3.27. The summed E-state index contributed by atoms with van der Waals surface area (Å²) in [6.07, 6.45) is 5.77. The van der Waals surface area contributed by atoms with E-state index in [4.69, 9.17) is 0 Å². The van der Waals surface area contributed by atoms with E-state index in [0.717, 1.165) is 5.69 Å². The summed E-state index contributed by atoms with van der Waals surface area (Å²) in [5.41, 5.74) is 1.28. The molecule has 0 spiro atoms. The number of nitro groups is 1. The highest BCUT2D eigenvalue weighted by molar-refractivity contribution is 7.98. The summed E-state index contributed by atoms with van der Waals surface area (Å²) in [4.78, 5) is 35.9. The van der Waals surface area contributed by atoms with E-state index >= 15 is 0 Å². The van der Waals surface area contributed by atoms with Gasteiger partial charge in [0.2, 0.25) is 5.91 Å². The molecule has 1 unspecified atom stereocenters. The Morgan fingerprint density at radius 3 is 2.71 bits per heavy atom. The molecule has 0 aliphatic heterocycles. The number of carbonyl (C=O) groups excluding carboxylic acids is 2. The number of nitrogens with one attached hydrogen (secondary N) is 2. The molecule has 1 heterocycles. The molecule has 0 aliphatic rings. The lowest BCUT2D eigenvalue weighted by Gasteiger charge is -2.18. The van der Waals surface area contributed by atoms with Crippen molar-refractivity contribution in [3.8, 4) is 5.69 Å². The zero-order chi connectivity index (χ0) is 22.2. The van der Waals surface area contributed by atoms with Crippen molar-refractivity contribution in [3.05, 3.63) is 82.7 Å². The van der Waals surface area contributed by atoms with Crippen LogP contribution in [0.4, 0.5) is 11.4 Å². The number of benzene rings is 2. The van der Waals surface area contributed by atoms with E-state index in [-0.39, 0.29) is 17.2 Å². The van der Waals surface area contributed by atoms with Gasteiger partial charge in [0, 0.05) is 35.8 Å². The fourth-order valence-corrected chi connectivity index (χ4v) is 3.36. The van der Waals surface area contributed by atoms with E-state index in [2.05, 4.69) is 15.7 Å². The fraction of sp³-hybridized carbons (Fsp3) is 0.190. The van der Waals surface area contributed by atoms with Crippen molar-refractivity contribution in [2.24, 2.45) is 0 Å². The topological polar surface area (TPSA) is 119 Å². The van der Waals surface area contributed by atoms with Crippen molar-refractivity contribution in [2.75, 3.05) is 17.3 Å². The van der Waals surface area contributed by atoms with Crippen LogP contribution >= 0.6 is 11.8 Å². The SMILES string of the molecule is CSCCC(NC(=O)c1cccc([N+](=O)[O-])c1)C(=O)Nc1cccc(-n2cccn2)c1. The van der Waals surface area contributed by atoms with Crippen molar-refractivity contribution in [1.82, 2.24) is 15.1 Å². The van der Waals surface area contributed by atoms with Gasteiger partial charge in [-0.2, -0.15) is 16.9 Å². The Morgan fingerprint density at radius 1 is 1.19 bits per heavy atom. The number of hydrogen-bond donors (Lipinski definition) is 2. The van der Waals surface area contributed by atoms with Crippen LogP contribution in [0.3, 0.4) is 0 Å². The van der Waals surface area contributed by atoms with Crippen molar-refractivity contribution >= 4 is 35.0 Å². The van der Waals surface area contributed by atoms with Gasteiger partial charge >= 0.3 is 0 Å². The zero-order valence-electron chi connectivity index (χ0n) is 16.7. The molecule has 160 valence electrons. The Labute approximate surface area is 183 Å². The van der Waals surface area contributed by atoms with Crippen molar-refractivity contribution in [1.29, 1.82) is 0 Å². The average Bonchev–Trinajstić information content (AvgIpc) is 3.31. The monoisotopic (exact) mass is 439 g/mol. The second-order valence-electron chi connectivity index (χ2n) is 6.61. The summed E-state index contributed by atoms with van der Waals surface area (Å²) in [7, 11) is 0. The van der Waals surface area contributed by atoms with Gasteiger partial charge in [-0.25, -0.2) is 4.68 Å². The van der Waals surface area contributed by atoms with Crippen LogP contribution in [0.25, 0.3) is 5.69 Å². The zero-order valence-corrected chi connectivity index (χ0v) is 17.5. The minimum atomic E-state index is -0.799. The first kappa shape index (κ1) is 22.0. The average molecular weight is 439 g/mol.